The van der Waals surface area contributed by atoms with Gasteiger partial charge in [0.1, 0.15) is 0 Å². The van der Waals surface area contributed by atoms with Crippen molar-refractivity contribution < 1.29 is 9.57 Å². The standard InChI is InChI=1S/C17H17Cl2N5O3/c1-8(2)11-6-15(22-23-17(11)25)26-16-12(18)4-10(5-13(16)19)20-7-14-21-9(3)27-24-14/h4-6,8,20H,3,7H2,1-2H3,(H,21,24)(H,23,25). The molecule has 0 fully saturated rings. The summed E-state index contributed by atoms with van der Waals surface area (Å²) in [5.74, 6) is 1.32. The van der Waals surface area contributed by atoms with Gasteiger partial charge in [-0.05, 0) is 24.6 Å². The van der Waals surface area contributed by atoms with Crippen molar-refractivity contribution in [2.24, 2.45) is 4.99 Å². The molecule has 3 rings (SSSR count). The lowest BCUT2D eigenvalue weighted by atomic mass is 10.1. The first kappa shape index (κ1) is 19.1. The van der Waals surface area contributed by atoms with E-state index in [0.717, 1.165) is 0 Å². The summed E-state index contributed by atoms with van der Waals surface area (Å²) in [6.07, 6.45) is 0. The van der Waals surface area contributed by atoms with Crippen LogP contribution in [0.5, 0.6) is 11.6 Å². The number of aromatic amines is 1. The van der Waals surface area contributed by atoms with Crippen molar-refractivity contribution in [3.8, 4) is 11.6 Å². The van der Waals surface area contributed by atoms with Crippen LogP contribution in [0.1, 0.15) is 25.3 Å². The monoisotopic (exact) mass is 409 g/mol. The lowest BCUT2D eigenvalue weighted by Gasteiger charge is -2.13. The Balaban J connectivity index is 1.77. The molecule has 0 spiro atoms. The van der Waals surface area contributed by atoms with Gasteiger partial charge in [0.2, 0.25) is 11.8 Å². The molecule has 1 aromatic carbocycles. The molecule has 2 heterocycles. The summed E-state index contributed by atoms with van der Waals surface area (Å²) in [6.45, 7) is 7.74. The number of hydrogen-bond donors (Lipinski definition) is 3. The minimum absolute atomic E-state index is 0.0174. The van der Waals surface area contributed by atoms with Crippen LogP contribution in [-0.2, 0) is 4.84 Å². The summed E-state index contributed by atoms with van der Waals surface area (Å²) in [7, 11) is 0. The number of aromatic nitrogens is 2. The fourth-order valence-corrected chi connectivity index (χ4v) is 2.89. The van der Waals surface area contributed by atoms with Gasteiger partial charge in [-0.25, -0.2) is 10.6 Å². The van der Waals surface area contributed by atoms with Crippen LogP contribution >= 0.6 is 23.2 Å². The molecular weight excluding hydrogens is 393 g/mol. The predicted octanol–water partition coefficient (Wildman–Crippen LogP) is 3.81. The van der Waals surface area contributed by atoms with Gasteiger partial charge in [0, 0.05) is 17.3 Å². The number of ether oxygens (including phenoxy) is 1. The minimum atomic E-state index is -0.260. The number of nitrogens with zero attached hydrogens (tertiary/aromatic N) is 2. The second-order valence-electron chi connectivity index (χ2n) is 6.03. The second-order valence-corrected chi connectivity index (χ2v) is 6.84. The highest BCUT2D eigenvalue weighted by Gasteiger charge is 2.15. The molecule has 0 radical (unpaired) electrons. The average Bonchev–Trinajstić information content (AvgIpc) is 3.03. The van der Waals surface area contributed by atoms with E-state index in [9.17, 15) is 4.79 Å². The van der Waals surface area contributed by atoms with Gasteiger partial charge < -0.3 is 14.9 Å². The molecule has 1 aliphatic heterocycles. The third kappa shape index (κ3) is 4.53. The Morgan fingerprint density at radius 1 is 1.30 bits per heavy atom. The van der Waals surface area contributed by atoms with E-state index in [-0.39, 0.29) is 33.2 Å². The number of hydroxylamine groups is 1. The first-order valence-corrected chi connectivity index (χ1v) is 8.79. The van der Waals surface area contributed by atoms with Crippen molar-refractivity contribution >= 4 is 34.7 Å². The zero-order chi connectivity index (χ0) is 19.6. The van der Waals surface area contributed by atoms with Crippen LogP contribution in [0.3, 0.4) is 0 Å². The summed E-state index contributed by atoms with van der Waals surface area (Å²) >= 11 is 12.6. The van der Waals surface area contributed by atoms with E-state index in [1.807, 2.05) is 13.8 Å². The van der Waals surface area contributed by atoms with Crippen LogP contribution in [0.2, 0.25) is 10.0 Å². The average molecular weight is 410 g/mol. The number of aliphatic imine (C=N–C) groups is 1. The van der Waals surface area contributed by atoms with Crippen molar-refractivity contribution in [1.29, 1.82) is 0 Å². The Bertz CT molecular complexity index is 948. The Labute approximate surface area is 165 Å². The molecule has 0 aliphatic carbocycles. The molecule has 142 valence electrons. The largest absolute Gasteiger partial charge is 0.434 e. The number of nitrogens with one attached hydrogen (secondary N) is 3. The Morgan fingerprint density at radius 3 is 2.59 bits per heavy atom. The highest BCUT2D eigenvalue weighted by Crippen LogP contribution is 2.38. The van der Waals surface area contributed by atoms with Gasteiger partial charge in [-0.3, -0.25) is 4.79 Å². The lowest BCUT2D eigenvalue weighted by molar-refractivity contribution is 0.178. The van der Waals surface area contributed by atoms with Gasteiger partial charge in [-0.15, -0.1) is 5.10 Å². The molecule has 0 atom stereocenters. The number of rotatable bonds is 6. The van der Waals surface area contributed by atoms with E-state index < -0.39 is 0 Å². The molecule has 0 bridgehead atoms. The fourth-order valence-electron chi connectivity index (χ4n) is 2.32. The summed E-state index contributed by atoms with van der Waals surface area (Å²) < 4.78 is 5.69. The number of hydrogen-bond acceptors (Lipinski definition) is 7. The molecule has 0 unspecified atom stereocenters. The van der Waals surface area contributed by atoms with E-state index in [2.05, 4.69) is 32.6 Å². The molecule has 0 saturated carbocycles. The van der Waals surface area contributed by atoms with Gasteiger partial charge in [-0.1, -0.05) is 37.0 Å². The summed E-state index contributed by atoms with van der Waals surface area (Å²) in [5, 5.41) is 9.96. The quantitative estimate of drug-likeness (QED) is 0.670. The van der Waals surface area contributed by atoms with E-state index >= 15 is 0 Å². The van der Waals surface area contributed by atoms with Crippen molar-refractivity contribution in [2.75, 3.05) is 11.9 Å². The van der Waals surface area contributed by atoms with E-state index in [0.29, 0.717) is 29.5 Å². The SMILES string of the molecule is C=C1N=C(CNc2cc(Cl)c(Oc3cc(C(C)C)c(=O)[nH]n3)c(Cl)c2)NO1. The van der Waals surface area contributed by atoms with Gasteiger partial charge in [0.15, 0.2) is 11.6 Å². The molecule has 2 aromatic rings. The fraction of sp³-hybridized carbons (Fsp3) is 0.235. The third-order valence-corrected chi connectivity index (χ3v) is 4.20. The van der Waals surface area contributed by atoms with E-state index in [1.165, 1.54) is 0 Å². The highest BCUT2D eigenvalue weighted by atomic mass is 35.5. The zero-order valence-electron chi connectivity index (χ0n) is 14.6. The first-order chi connectivity index (χ1) is 12.8. The number of anilines is 1. The Morgan fingerprint density at radius 2 is 2.00 bits per heavy atom. The number of H-pyrrole nitrogens is 1. The minimum Gasteiger partial charge on any atom is -0.434 e. The van der Waals surface area contributed by atoms with Gasteiger partial charge in [-0.2, -0.15) is 4.99 Å². The maximum absolute atomic E-state index is 11.8. The van der Waals surface area contributed by atoms with Crippen LogP contribution in [0.4, 0.5) is 5.69 Å². The molecular formula is C17H17Cl2N5O3. The molecule has 8 nitrogen and oxygen atoms in total. The summed E-state index contributed by atoms with van der Waals surface area (Å²) in [6, 6.07) is 4.88. The predicted molar refractivity (Wildman–Crippen MR) is 105 cm³/mol. The summed E-state index contributed by atoms with van der Waals surface area (Å²) in [4.78, 5) is 20.8. The van der Waals surface area contributed by atoms with Crippen LogP contribution in [0.25, 0.3) is 0 Å². The normalized spacial score (nSPS) is 13.2. The van der Waals surface area contributed by atoms with Crippen LogP contribution in [0, 0.1) is 0 Å². The molecule has 3 N–H and O–H groups in total. The Hall–Kier alpha value is -2.71. The van der Waals surface area contributed by atoms with Crippen LogP contribution in [0.15, 0.2) is 40.4 Å². The van der Waals surface area contributed by atoms with Crippen molar-refractivity contribution in [3.05, 3.63) is 56.6 Å². The maximum Gasteiger partial charge on any atom is 0.267 e. The zero-order valence-corrected chi connectivity index (χ0v) is 16.1. The first-order valence-electron chi connectivity index (χ1n) is 8.03. The Kier molecular flexibility index (Phi) is 5.57. The third-order valence-electron chi connectivity index (χ3n) is 3.64. The topological polar surface area (TPSA) is 101 Å². The van der Waals surface area contributed by atoms with Gasteiger partial charge in [0.25, 0.3) is 5.56 Å². The summed E-state index contributed by atoms with van der Waals surface area (Å²) in [5.41, 5.74) is 3.59. The molecule has 0 saturated heterocycles. The van der Waals surface area contributed by atoms with Crippen LogP contribution in [-0.4, -0.2) is 22.6 Å². The van der Waals surface area contributed by atoms with Gasteiger partial charge in [0.05, 0.1) is 16.6 Å². The second kappa shape index (κ2) is 7.89. The van der Waals surface area contributed by atoms with Crippen LogP contribution < -0.4 is 21.1 Å². The van der Waals surface area contributed by atoms with Crippen molar-refractivity contribution in [1.82, 2.24) is 15.7 Å². The molecule has 1 aromatic heterocycles. The number of benzene rings is 1. The van der Waals surface area contributed by atoms with E-state index in [1.54, 1.807) is 18.2 Å². The van der Waals surface area contributed by atoms with E-state index in [4.69, 9.17) is 32.8 Å². The molecule has 10 heteroatoms. The maximum atomic E-state index is 11.8. The molecule has 1 aliphatic rings. The highest BCUT2D eigenvalue weighted by molar-refractivity contribution is 6.37. The number of amidine groups is 1. The van der Waals surface area contributed by atoms with Crippen molar-refractivity contribution in [3.63, 3.8) is 0 Å². The molecule has 27 heavy (non-hydrogen) atoms. The number of halogens is 2. The lowest BCUT2D eigenvalue weighted by Crippen LogP contribution is -2.24. The van der Waals surface area contributed by atoms with Crippen molar-refractivity contribution in [2.45, 2.75) is 19.8 Å². The smallest absolute Gasteiger partial charge is 0.267 e. The van der Waals surface area contributed by atoms with Gasteiger partial charge >= 0.3 is 0 Å². The molecule has 0 amide bonds.